The minimum absolute atomic E-state index is 0.0732. The van der Waals surface area contributed by atoms with Crippen LogP contribution in [0.25, 0.3) is 11.1 Å². The van der Waals surface area contributed by atoms with Crippen molar-refractivity contribution in [2.75, 3.05) is 6.61 Å². The Hall–Kier alpha value is -3.53. The second kappa shape index (κ2) is 13.0. The van der Waals surface area contributed by atoms with Crippen LogP contribution in [0, 0.1) is 34.9 Å². The van der Waals surface area contributed by atoms with Crippen molar-refractivity contribution in [2.45, 2.75) is 70.5 Å². The minimum atomic E-state index is -1.57. The lowest BCUT2D eigenvalue weighted by atomic mass is 9.82. The lowest BCUT2D eigenvalue weighted by molar-refractivity contribution is 0.0188. The number of carbonyl (C=O) groups is 1. The van der Waals surface area contributed by atoms with Crippen LogP contribution >= 0.6 is 0 Å². The molecule has 0 aromatic heterocycles. The first kappa shape index (κ1) is 30.4. The summed E-state index contributed by atoms with van der Waals surface area (Å²) in [5.41, 5.74) is -1.76. The summed E-state index contributed by atoms with van der Waals surface area (Å²) in [6, 6.07) is 6.88. The molecule has 1 aliphatic carbocycles. The lowest BCUT2D eigenvalue weighted by Gasteiger charge is -2.29. The van der Waals surface area contributed by atoms with Gasteiger partial charge in [0.2, 0.25) is 5.82 Å². The van der Waals surface area contributed by atoms with E-state index in [4.69, 9.17) is 9.47 Å². The Labute approximate surface area is 233 Å². The molecule has 4 rings (SSSR count). The number of benzene rings is 3. The predicted octanol–water partition coefficient (Wildman–Crippen LogP) is 8.30. The summed E-state index contributed by atoms with van der Waals surface area (Å²) in [4.78, 5) is 12.7. The molecule has 41 heavy (non-hydrogen) atoms. The van der Waals surface area contributed by atoms with Gasteiger partial charge in [-0.15, -0.1) is 0 Å². The van der Waals surface area contributed by atoms with Crippen LogP contribution in [-0.4, -0.2) is 23.8 Å². The van der Waals surface area contributed by atoms with Crippen LogP contribution in [0.3, 0.4) is 0 Å². The number of aliphatic hydroxyl groups is 1. The van der Waals surface area contributed by atoms with Crippen molar-refractivity contribution in [1.82, 2.24) is 0 Å². The number of carbonyl (C=O) groups excluding carboxylic acids is 1. The van der Waals surface area contributed by atoms with Gasteiger partial charge in [0.1, 0.15) is 6.10 Å². The van der Waals surface area contributed by atoms with Crippen LogP contribution in [0.15, 0.2) is 36.4 Å². The first-order chi connectivity index (χ1) is 19.6. The summed E-state index contributed by atoms with van der Waals surface area (Å²) in [5, 5.41) is 10.1. The van der Waals surface area contributed by atoms with E-state index in [1.54, 1.807) is 6.92 Å². The molecule has 0 aliphatic heterocycles. The van der Waals surface area contributed by atoms with Crippen molar-refractivity contribution >= 4 is 5.97 Å². The fraction of sp³-hybridized carbons (Fsp3) is 0.387. The quantitative estimate of drug-likeness (QED) is 0.204. The third kappa shape index (κ3) is 6.22. The fourth-order valence-electron chi connectivity index (χ4n) is 5.21. The van der Waals surface area contributed by atoms with Crippen LogP contribution in [0.5, 0.6) is 5.75 Å². The maximum Gasteiger partial charge on any atom is 0.341 e. The zero-order chi connectivity index (χ0) is 29.8. The fourth-order valence-corrected chi connectivity index (χ4v) is 5.21. The van der Waals surface area contributed by atoms with Crippen molar-refractivity contribution in [3.63, 3.8) is 0 Å². The number of hydrogen-bond donors (Lipinski definition) is 1. The lowest BCUT2D eigenvalue weighted by Crippen LogP contribution is -2.25. The van der Waals surface area contributed by atoms with Gasteiger partial charge in [-0.25, -0.2) is 26.7 Å². The number of rotatable bonds is 9. The van der Waals surface area contributed by atoms with Crippen LogP contribution in [-0.2, 0) is 4.74 Å². The molecular weight excluding hydrogens is 550 g/mol. The van der Waals surface area contributed by atoms with E-state index in [1.807, 2.05) is 6.92 Å². The molecule has 4 nitrogen and oxygen atoms in total. The molecule has 0 bridgehead atoms. The molecular formula is C31H30F6O4. The summed E-state index contributed by atoms with van der Waals surface area (Å²) < 4.78 is 98.3. The van der Waals surface area contributed by atoms with Gasteiger partial charge in [0.05, 0.1) is 18.3 Å². The largest absolute Gasteiger partial charge is 0.491 e. The molecule has 1 atom stereocenters. The van der Waals surface area contributed by atoms with Gasteiger partial charge in [-0.1, -0.05) is 31.5 Å². The molecule has 1 N–H and O–H groups in total. The molecule has 1 fully saturated rings. The molecule has 1 unspecified atom stereocenters. The number of halogens is 6. The summed E-state index contributed by atoms with van der Waals surface area (Å²) in [6.45, 7) is 3.47. The Balaban J connectivity index is 1.43. The van der Waals surface area contributed by atoms with Gasteiger partial charge in [0.15, 0.2) is 34.8 Å². The molecule has 3 aromatic rings. The van der Waals surface area contributed by atoms with E-state index < -0.39 is 69.8 Å². The Morgan fingerprint density at radius 3 is 2.07 bits per heavy atom. The van der Waals surface area contributed by atoms with Crippen molar-refractivity contribution < 1.29 is 45.7 Å². The Morgan fingerprint density at radius 1 is 0.805 bits per heavy atom. The average Bonchev–Trinajstić information content (AvgIpc) is 2.95. The summed E-state index contributed by atoms with van der Waals surface area (Å²) in [5.74, 6) is -9.85. The summed E-state index contributed by atoms with van der Waals surface area (Å²) in [6.07, 6.45) is 0.391. The normalized spacial score (nSPS) is 17.8. The number of ether oxygens (including phenoxy) is 2. The van der Waals surface area contributed by atoms with Crippen LogP contribution in [0.1, 0.15) is 85.9 Å². The molecule has 0 radical (unpaired) electrons. The Bertz CT molecular complexity index is 1420. The van der Waals surface area contributed by atoms with Crippen molar-refractivity contribution in [2.24, 2.45) is 0 Å². The van der Waals surface area contributed by atoms with Gasteiger partial charge in [0, 0.05) is 16.7 Å². The molecule has 3 aromatic carbocycles. The predicted molar refractivity (Wildman–Crippen MR) is 140 cm³/mol. The molecule has 1 saturated carbocycles. The second-order valence-corrected chi connectivity index (χ2v) is 10.0. The Morgan fingerprint density at radius 2 is 1.44 bits per heavy atom. The van der Waals surface area contributed by atoms with Gasteiger partial charge in [-0.3, -0.25) is 0 Å². The molecule has 0 saturated heterocycles. The molecule has 0 spiro atoms. The maximum atomic E-state index is 14.9. The first-order valence-corrected chi connectivity index (χ1v) is 13.5. The van der Waals surface area contributed by atoms with Crippen molar-refractivity contribution in [3.8, 4) is 16.9 Å². The van der Waals surface area contributed by atoms with Gasteiger partial charge >= 0.3 is 5.97 Å². The molecule has 10 heteroatoms. The van der Waals surface area contributed by atoms with Gasteiger partial charge in [0.25, 0.3) is 0 Å². The minimum Gasteiger partial charge on any atom is -0.491 e. The standard InChI is InChI=1S/C31H30F6O4/c1-3-5-23(38)21-12-10-18(25(32)28(21)35)16-6-8-17(9-7-16)41-31(39)22-13-11-19(26(33)29(22)36)20-14-15-24(40-4-2)30(37)27(20)34/h10-17,23,38H,3-9H2,1-2H3. The van der Waals surface area contributed by atoms with Crippen LogP contribution in [0.2, 0.25) is 0 Å². The van der Waals surface area contributed by atoms with E-state index in [2.05, 4.69) is 0 Å². The average molecular weight is 581 g/mol. The number of aliphatic hydroxyl groups excluding tert-OH is 1. The highest BCUT2D eigenvalue weighted by atomic mass is 19.2. The maximum absolute atomic E-state index is 14.9. The van der Waals surface area contributed by atoms with Crippen molar-refractivity contribution in [1.29, 1.82) is 0 Å². The second-order valence-electron chi connectivity index (χ2n) is 10.0. The van der Waals surface area contributed by atoms with E-state index in [0.717, 1.165) is 24.3 Å². The third-order valence-corrected chi connectivity index (χ3v) is 7.39. The SMILES string of the molecule is CCCC(O)c1ccc(C2CCC(OC(=O)c3ccc(-c4ccc(OCC)c(F)c4F)c(F)c3F)CC2)c(F)c1F. The highest BCUT2D eigenvalue weighted by Gasteiger charge is 2.31. The van der Waals surface area contributed by atoms with Gasteiger partial charge < -0.3 is 14.6 Å². The zero-order valence-corrected chi connectivity index (χ0v) is 22.6. The third-order valence-electron chi connectivity index (χ3n) is 7.39. The topological polar surface area (TPSA) is 55.8 Å². The van der Waals surface area contributed by atoms with Gasteiger partial charge in [-0.2, -0.15) is 4.39 Å². The smallest absolute Gasteiger partial charge is 0.341 e. The monoisotopic (exact) mass is 580 g/mol. The first-order valence-electron chi connectivity index (χ1n) is 13.5. The zero-order valence-electron chi connectivity index (χ0n) is 22.6. The van der Waals surface area contributed by atoms with Crippen LogP contribution < -0.4 is 4.74 Å². The van der Waals surface area contributed by atoms with E-state index in [1.165, 1.54) is 12.1 Å². The van der Waals surface area contributed by atoms with E-state index in [0.29, 0.717) is 25.7 Å². The summed E-state index contributed by atoms with van der Waals surface area (Å²) >= 11 is 0. The van der Waals surface area contributed by atoms with Crippen molar-refractivity contribution in [3.05, 3.63) is 88.0 Å². The molecule has 0 heterocycles. The highest BCUT2D eigenvalue weighted by Crippen LogP contribution is 2.38. The van der Waals surface area contributed by atoms with Gasteiger partial charge in [-0.05, 0) is 68.7 Å². The van der Waals surface area contributed by atoms with E-state index >= 15 is 0 Å². The number of hydrogen-bond acceptors (Lipinski definition) is 4. The Kier molecular flexibility index (Phi) is 9.63. The van der Waals surface area contributed by atoms with Crippen LogP contribution in [0.4, 0.5) is 26.3 Å². The van der Waals surface area contributed by atoms with E-state index in [9.17, 15) is 36.2 Å². The highest BCUT2D eigenvalue weighted by molar-refractivity contribution is 5.90. The molecule has 0 amide bonds. The molecule has 220 valence electrons. The number of esters is 1. The summed E-state index contributed by atoms with van der Waals surface area (Å²) in [7, 11) is 0. The van der Waals surface area contributed by atoms with E-state index in [-0.39, 0.29) is 42.2 Å². The molecule has 1 aliphatic rings.